The fourth-order valence-electron chi connectivity index (χ4n) is 2.28. The summed E-state index contributed by atoms with van der Waals surface area (Å²) in [7, 11) is 0. The number of carbonyl (C=O) groups is 3. The molecule has 0 spiro atoms. The standard InChI is InChI=1S/C15H15N3O4S/c1-8(16-14(21)9-5-6-22-7-9)13(20)18-15-17-10-3-2-4-11(19)12(10)23-15/h5-8H,2-4H2,1H3,(H,16,21)(H,17,18,20). The molecule has 1 aliphatic rings. The molecule has 2 N–H and O–H groups in total. The molecule has 1 unspecified atom stereocenters. The second kappa shape index (κ2) is 6.33. The maximum Gasteiger partial charge on any atom is 0.255 e. The van der Waals surface area contributed by atoms with Crippen molar-refractivity contribution in [1.29, 1.82) is 0 Å². The molecule has 2 aromatic heterocycles. The third kappa shape index (κ3) is 3.31. The van der Waals surface area contributed by atoms with Crippen molar-refractivity contribution in [1.82, 2.24) is 10.3 Å². The number of hydrogen-bond donors (Lipinski definition) is 2. The van der Waals surface area contributed by atoms with E-state index in [1.807, 2.05) is 0 Å². The van der Waals surface area contributed by atoms with Crippen LogP contribution in [0.4, 0.5) is 5.13 Å². The summed E-state index contributed by atoms with van der Waals surface area (Å²) in [6.07, 6.45) is 4.76. The number of carbonyl (C=O) groups excluding carboxylic acids is 3. The summed E-state index contributed by atoms with van der Waals surface area (Å²) in [5.74, 6) is -0.707. The second-order valence-corrected chi connectivity index (χ2v) is 6.27. The van der Waals surface area contributed by atoms with Gasteiger partial charge >= 0.3 is 0 Å². The Morgan fingerprint density at radius 1 is 1.39 bits per heavy atom. The number of nitrogens with one attached hydrogen (secondary N) is 2. The van der Waals surface area contributed by atoms with Crippen molar-refractivity contribution in [3.63, 3.8) is 0 Å². The van der Waals surface area contributed by atoms with Gasteiger partial charge in [0.15, 0.2) is 10.9 Å². The second-order valence-electron chi connectivity index (χ2n) is 5.27. The first-order chi connectivity index (χ1) is 11.0. The molecule has 2 aromatic rings. The maximum absolute atomic E-state index is 12.1. The normalized spacial score (nSPS) is 14.9. The van der Waals surface area contributed by atoms with Crippen LogP contribution in [-0.2, 0) is 11.2 Å². The zero-order valence-electron chi connectivity index (χ0n) is 12.4. The molecule has 7 nitrogen and oxygen atoms in total. The maximum atomic E-state index is 12.1. The van der Waals surface area contributed by atoms with Crippen LogP contribution in [-0.4, -0.2) is 28.6 Å². The lowest BCUT2D eigenvalue weighted by Crippen LogP contribution is -2.41. The van der Waals surface area contributed by atoms with Crippen LogP contribution >= 0.6 is 11.3 Å². The number of amides is 2. The predicted octanol–water partition coefficient (Wildman–Crippen LogP) is 2.01. The fourth-order valence-corrected chi connectivity index (χ4v) is 3.26. The van der Waals surface area contributed by atoms with Gasteiger partial charge in [-0.25, -0.2) is 4.98 Å². The van der Waals surface area contributed by atoms with Gasteiger partial charge in [0.1, 0.15) is 12.3 Å². The number of aryl methyl sites for hydroxylation is 1. The highest BCUT2D eigenvalue weighted by molar-refractivity contribution is 7.17. The van der Waals surface area contributed by atoms with E-state index in [-0.39, 0.29) is 11.7 Å². The van der Waals surface area contributed by atoms with E-state index in [0.29, 0.717) is 22.0 Å². The Labute approximate surface area is 136 Å². The van der Waals surface area contributed by atoms with Crippen molar-refractivity contribution in [3.05, 3.63) is 34.7 Å². The number of rotatable bonds is 4. The van der Waals surface area contributed by atoms with Crippen LogP contribution in [0.25, 0.3) is 0 Å². The molecule has 0 saturated heterocycles. The SMILES string of the molecule is CC(NC(=O)c1ccoc1)C(=O)Nc1nc2c(s1)C(=O)CCC2. The Balaban J connectivity index is 1.62. The van der Waals surface area contributed by atoms with E-state index in [1.54, 1.807) is 6.92 Å². The molecule has 2 heterocycles. The largest absolute Gasteiger partial charge is 0.472 e. The first-order valence-corrected chi connectivity index (χ1v) is 8.03. The zero-order valence-corrected chi connectivity index (χ0v) is 13.2. The summed E-state index contributed by atoms with van der Waals surface area (Å²) in [6, 6.07) is 0.773. The predicted molar refractivity (Wildman–Crippen MR) is 83.6 cm³/mol. The van der Waals surface area contributed by atoms with Gasteiger partial charge in [0.05, 0.1) is 22.4 Å². The van der Waals surface area contributed by atoms with Gasteiger partial charge in [0, 0.05) is 6.42 Å². The molecule has 0 aliphatic heterocycles. The van der Waals surface area contributed by atoms with Crippen LogP contribution in [0.2, 0.25) is 0 Å². The molecule has 0 radical (unpaired) electrons. The monoisotopic (exact) mass is 333 g/mol. The van der Waals surface area contributed by atoms with Crippen LogP contribution < -0.4 is 10.6 Å². The first-order valence-electron chi connectivity index (χ1n) is 7.21. The van der Waals surface area contributed by atoms with Gasteiger partial charge in [-0.2, -0.15) is 0 Å². The highest BCUT2D eigenvalue weighted by Crippen LogP contribution is 2.29. The minimum absolute atomic E-state index is 0.0746. The smallest absolute Gasteiger partial charge is 0.255 e. The molecule has 0 saturated carbocycles. The van der Waals surface area contributed by atoms with E-state index >= 15 is 0 Å². The Hall–Kier alpha value is -2.48. The van der Waals surface area contributed by atoms with Crippen molar-refractivity contribution in [2.75, 3.05) is 5.32 Å². The van der Waals surface area contributed by atoms with E-state index in [1.165, 1.54) is 29.9 Å². The van der Waals surface area contributed by atoms with Crippen LogP contribution in [0, 0.1) is 0 Å². The van der Waals surface area contributed by atoms with Crippen molar-refractivity contribution in [2.45, 2.75) is 32.2 Å². The summed E-state index contributed by atoms with van der Waals surface area (Å²) in [6.45, 7) is 1.58. The number of furan rings is 1. The Kier molecular flexibility index (Phi) is 4.24. The molecule has 120 valence electrons. The number of Topliss-reactive ketones (excluding diaryl/α,β-unsaturated/α-hetero) is 1. The molecule has 0 aromatic carbocycles. The average molecular weight is 333 g/mol. The highest BCUT2D eigenvalue weighted by atomic mass is 32.1. The van der Waals surface area contributed by atoms with Crippen LogP contribution in [0.15, 0.2) is 23.0 Å². The molecule has 1 aliphatic carbocycles. The minimum Gasteiger partial charge on any atom is -0.472 e. The number of thiazole rings is 1. The summed E-state index contributed by atoms with van der Waals surface area (Å²) in [5, 5.41) is 5.61. The number of nitrogens with zero attached hydrogens (tertiary/aromatic N) is 1. The molecule has 0 fully saturated rings. The third-order valence-corrected chi connectivity index (χ3v) is 4.58. The average Bonchev–Trinajstić information content (AvgIpc) is 3.16. The van der Waals surface area contributed by atoms with Crippen molar-refractivity contribution in [3.8, 4) is 0 Å². The van der Waals surface area contributed by atoms with Gasteiger partial charge in [-0.15, -0.1) is 0 Å². The van der Waals surface area contributed by atoms with E-state index in [4.69, 9.17) is 4.42 Å². The molecule has 8 heteroatoms. The van der Waals surface area contributed by atoms with Gasteiger partial charge in [-0.05, 0) is 25.8 Å². The van der Waals surface area contributed by atoms with Gasteiger partial charge in [-0.1, -0.05) is 11.3 Å². The van der Waals surface area contributed by atoms with Gasteiger partial charge in [-0.3, -0.25) is 14.4 Å². The van der Waals surface area contributed by atoms with Crippen molar-refractivity contribution in [2.24, 2.45) is 0 Å². The molecule has 1 atom stereocenters. The Bertz CT molecular complexity index is 751. The number of aromatic nitrogens is 1. The number of fused-ring (bicyclic) bond motifs is 1. The van der Waals surface area contributed by atoms with Crippen LogP contribution in [0.5, 0.6) is 0 Å². The molecular formula is C15H15N3O4S. The highest BCUT2D eigenvalue weighted by Gasteiger charge is 2.24. The summed E-state index contributed by atoms with van der Waals surface area (Å²) >= 11 is 1.19. The van der Waals surface area contributed by atoms with Crippen LogP contribution in [0.3, 0.4) is 0 Å². The summed E-state index contributed by atoms with van der Waals surface area (Å²) < 4.78 is 4.83. The number of anilines is 1. The van der Waals surface area contributed by atoms with E-state index in [2.05, 4.69) is 15.6 Å². The first kappa shape index (κ1) is 15.4. The lowest BCUT2D eigenvalue weighted by Gasteiger charge is -2.12. The Morgan fingerprint density at radius 2 is 2.22 bits per heavy atom. The van der Waals surface area contributed by atoms with E-state index in [0.717, 1.165) is 18.5 Å². The fraction of sp³-hybridized carbons (Fsp3) is 0.333. The molecular weight excluding hydrogens is 318 g/mol. The number of ketones is 1. The van der Waals surface area contributed by atoms with Gasteiger partial charge in [0.2, 0.25) is 5.91 Å². The summed E-state index contributed by atoms with van der Waals surface area (Å²) in [5.41, 5.74) is 1.09. The van der Waals surface area contributed by atoms with Crippen LogP contribution in [0.1, 0.15) is 45.5 Å². The van der Waals surface area contributed by atoms with Crippen molar-refractivity contribution >= 4 is 34.1 Å². The van der Waals surface area contributed by atoms with Crippen molar-refractivity contribution < 1.29 is 18.8 Å². The minimum atomic E-state index is -0.742. The topological polar surface area (TPSA) is 101 Å². The third-order valence-electron chi connectivity index (χ3n) is 3.52. The zero-order chi connectivity index (χ0) is 16.4. The molecule has 2 amide bonds. The van der Waals surface area contributed by atoms with E-state index in [9.17, 15) is 14.4 Å². The van der Waals surface area contributed by atoms with Gasteiger partial charge < -0.3 is 15.1 Å². The lowest BCUT2D eigenvalue weighted by molar-refractivity contribution is -0.117. The molecule has 3 rings (SSSR count). The van der Waals surface area contributed by atoms with E-state index < -0.39 is 11.9 Å². The number of hydrogen-bond acceptors (Lipinski definition) is 6. The quantitative estimate of drug-likeness (QED) is 0.891. The summed E-state index contributed by atoms with van der Waals surface area (Å²) in [4.78, 5) is 40.7. The molecule has 0 bridgehead atoms. The lowest BCUT2D eigenvalue weighted by atomic mass is 10.0. The van der Waals surface area contributed by atoms with Gasteiger partial charge in [0.25, 0.3) is 5.91 Å². The molecule has 23 heavy (non-hydrogen) atoms. The Morgan fingerprint density at radius 3 is 2.91 bits per heavy atom.